The van der Waals surface area contributed by atoms with Crippen molar-refractivity contribution in [1.82, 2.24) is 0 Å². The minimum Gasteiger partial charge on any atom is -0.325 e. The third-order valence-corrected chi connectivity index (χ3v) is 5.19. The van der Waals surface area contributed by atoms with E-state index in [0.717, 1.165) is 0 Å². The Hall–Kier alpha value is -3.03. The fourth-order valence-electron chi connectivity index (χ4n) is 2.62. The highest BCUT2D eigenvalue weighted by molar-refractivity contribution is 8.00. The van der Waals surface area contributed by atoms with Gasteiger partial charge in [0, 0.05) is 5.69 Å². The first-order chi connectivity index (χ1) is 12.8. The Balaban J connectivity index is 1.67. The van der Waals surface area contributed by atoms with Crippen molar-refractivity contribution in [3.05, 3.63) is 102 Å². The van der Waals surface area contributed by atoms with Gasteiger partial charge in [-0.05, 0) is 35.4 Å². The molecule has 3 nitrogen and oxygen atoms in total. The maximum absolute atomic E-state index is 12.3. The maximum atomic E-state index is 12.3. The fourth-order valence-corrected chi connectivity index (χ4v) is 3.71. The van der Waals surface area contributed by atoms with Crippen LogP contribution in [0.15, 0.2) is 84.9 Å². The summed E-state index contributed by atoms with van der Waals surface area (Å²) in [5, 5.41) is 11.8. The zero-order valence-corrected chi connectivity index (χ0v) is 14.9. The van der Waals surface area contributed by atoms with Crippen LogP contribution in [0.2, 0.25) is 0 Å². The molecule has 0 aliphatic heterocycles. The van der Waals surface area contributed by atoms with Crippen molar-refractivity contribution in [3.8, 4) is 6.07 Å². The molecule has 3 aromatic rings. The van der Waals surface area contributed by atoms with Gasteiger partial charge in [0.2, 0.25) is 5.91 Å². The van der Waals surface area contributed by atoms with Gasteiger partial charge in [-0.3, -0.25) is 4.79 Å². The number of hydrogen-bond acceptors (Lipinski definition) is 3. The molecule has 128 valence electrons. The van der Waals surface area contributed by atoms with Crippen LogP contribution in [0, 0.1) is 11.3 Å². The van der Waals surface area contributed by atoms with E-state index >= 15 is 0 Å². The molecule has 0 saturated carbocycles. The van der Waals surface area contributed by atoms with Crippen LogP contribution in [-0.4, -0.2) is 11.7 Å². The van der Waals surface area contributed by atoms with Crippen molar-refractivity contribution < 1.29 is 4.79 Å². The van der Waals surface area contributed by atoms with E-state index in [1.54, 1.807) is 36.0 Å². The zero-order valence-electron chi connectivity index (χ0n) is 14.1. The average Bonchev–Trinajstić information content (AvgIpc) is 2.70. The lowest BCUT2D eigenvalue weighted by atomic mass is 10.0. The molecule has 0 aliphatic carbocycles. The van der Waals surface area contributed by atoms with Crippen LogP contribution in [0.5, 0.6) is 0 Å². The number of hydrogen-bond donors (Lipinski definition) is 1. The molecule has 0 aliphatic rings. The largest absolute Gasteiger partial charge is 0.325 e. The summed E-state index contributed by atoms with van der Waals surface area (Å²) >= 11 is 1.60. The minimum atomic E-state index is -0.0587. The average molecular weight is 358 g/mol. The molecule has 0 spiro atoms. The van der Waals surface area contributed by atoms with Crippen LogP contribution in [0.25, 0.3) is 0 Å². The number of benzene rings is 3. The van der Waals surface area contributed by atoms with E-state index in [4.69, 9.17) is 5.26 Å². The molecular weight excluding hydrogens is 340 g/mol. The Bertz CT molecular complexity index is 847. The zero-order chi connectivity index (χ0) is 18.2. The monoisotopic (exact) mass is 358 g/mol. The van der Waals surface area contributed by atoms with Gasteiger partial charge < -0.3 is 5.32 Å². The lowest BCUT2D eigenvalue weighted by Gasteiger charge is -2.17. The molecule has 0 saturated heterocycles. The molecule has 4 heteroatoms. The van der Waals surface area contributed by atoms with Gasteiger partial charge in [-0.1, -0.05) is 60.7 Å². The molecule has 3 rings (SSSR count). The first-order valence-electron chi connectivity index (χ1n) is 8.28. The van der Waals surface area contributed by atoms with E-state index in [1.807, 2.05) is 36.4 Å². The second-order valence-electron chi connectivity index (χ2n) is 5.75. The number of nitrogens with zero attached hydrogens (tertiary/aromatic N) is 1. The van der Waals surface area contributed by atoms with E-state index < -0.39 is 0 Å². The van der Waals surface area contributed by atoms with Gasteiger partial charge in [0.25, 0.3) is 0 Å². The predicted octanol–water partition coefficient (Wildman–Crippen LogP) is 5.02. The van der Waals surface area contributed by atoms with Crippen LogP contribution < -0.4 is 5.32 Å². The summed E-state index contributed by atoms with van der Waals surface area (Å²) in [6.45, 7) is 0. The predicted molar refractivity (Wildman–Crippen MR) is 107 cm³/mol. The molecule has 0 radical (unpaired) electrons. The first-order valence-corrected chi connectivity index (χ1v) is 9.32. The Morgan fingerprint density at radius 3 is 1.92 bits per heavy atom. The van der Waals surface area contributed by atoms with Gasteiger partial charge in [-0.25, -0.2) is 0 Å². The summed E-state index contributed by atoms with van der Waals surface area (Å²) in [7, 11) is 0. The molecule has 1 amide bonds. The van der Waals surface area contributed by atoms with Gasteiger partial charge in [0.15, 0.2) is 0 Å². The topological polar surface area (TPSA) is 52.9 Å². The number of anilines is 1. The van der Waals surface area contributed by atoms with E-state index in [-0.39, 0.29) is 11.2 Å². The van der Waals surface area contributed by atoms with Crippen molar-refractivity contribution >= 4 is 23.4 Å². The van der Waals surface area contributed by atoms with Gasteiger partial charge in [0.05, 0.1) is 22.6 Å². The number of thioether (sulfide) groups is 1. The smallest absolute Gasteiger partial charge is 0.234 e. The summed E-state index contributed by atoms with van der Waals surface area (Å²) in [5.74, 6) is 0.283. The van der Waals surface area contributed by atoms with Gasteiger partial charge in [0.1, 0.15) is 0 Å². The van der Waals surface area contributed by atoms with Crippen LogP contribution in [0.4, 0.5) is 5.69 Å². The van der Waals surface area contributed by atoms with Crippen molar-refractivity contribution in [2.45, 2.75) is 5.25 Å². The third kappa shape index (κ3) is 4.75. The second-order valence-corrected chi connectivity index (χ2v) is 6.84. The molecule has 0 heterocycles. The van der Waals surface area contributed by atoms with Crippen LogP contribution in [-0.2, 0) is 4.79 Å². The van der Waals surface area contributed by atoms with E-state index in [9.17, 15) is 4.79 Å². The number of nitrogens with one attached hydrogen (secondary N) is 1. The Labute approximate surface area is 157 Å². The van der Waals surface area contributed by atoms with Gasteiger partial charge >= 0.3 is 0 Å². The molecule has 0 unspecified atom stereocenters. The fraction of sp³-hybridized carbons (Fsp3) is 0.0909. The molecule has 26 heavy (non-hydrogen) atoms. The van der Waals surface area contributed by atoms with Crippen molar-refractivity contribution in [2.24, 2.45) is 0 Å². The third-order valence-electron chi connectivity index (χ3n) is 3.88. The molecule has 0 atom stereocenters. The molecule has 0 bridgehead atoms. The summed E-state index contributed by atoms with van der Waals surface area (Å²) in [6, 6.07) is 29.3. The summed E-state index contributed by atoms with van der Waals surface area (Å²) in [4.78, 5) is 12.3. The number of carbonyl (C=O) groups is 1. The minimum absolute atomic E-state index is 0.0587. The van der Waals surface area contributed by atoms with Gasteiger partial charge in [-0.15, -0.1) is 11.8 Å². The highest BCUT2D eigenvalue weighted by Crippen LogP contribution is 2.35. The van der Waals surface area contributed by atoms with Crippen molar-refractivity contribution in [1.29, 1.82) is 5.26 Å². The first kappa shape index (κ1) is 17.8. The van der Waals surface area contributed by atoms with Gasteiger partial charge in [-0.2, -0.15) is 5.26 Å². The number of rotatable bonds is 6. The highest BCUT2D eigenvalue weighted by atomic mass is 32.2. The molecular formula is C22H18N2OS. The molecule has 0 aromatic heterocycles. The summed E-state index contributed by atoms with van der Waals surface area (Å²) in [5.41, 5.74) is 3.63. The highest BCUT2D eigenvalue weighted by Gasteiger charge is 2.16. The molecule has 0 fully saturated rings. The SMILES string of the molecule is N#Cc1ccc(NC(=O)CSC(c2ccccc2)c2ccccc2)cc1. The Morgan fingerprint density at radius 2 is 1.42 bits per heavy atom. The van der Waals surface area contributed by atoms with Crippen molar-refractivity contribution in [2.75, 3.05) is 11.1 Å². The van der Waals surface area contributed by atoms with E-state index in [1.165, 1.54) is 11.1 Å². The van der Waals surface area contributed by atoms with Crippen LogP contribution in [0.3, 0.4) is 0 Å². The maximum Gasteiger partial charge on any atom is 0.234 e. The number of carbonyl (C=O) groups excluding carboxylic acids is 1. The van der Waals surface area contributed by atoms with Crippen LogP contribution in [0.1, 0.15) is 21.9 Å². The molecule has 3 aromatic carbocycles. The lowest BCUT2D eigenvalue weighted by Crippen LogP contribution is -2.15. The van der Waals surface area contributed by atoms with E-state index in [0.29, 0.717) is 17.0 Å². The normalized spacial score (nSPS) is 10.3. The lowest BCUT2D eigenvalue weighted by molar-refractivity contribution is -0.113. The molecule has 1 N–H and O–H groups in total. The number of nitriles is 1. The number of amides is 1. The second kappa shape index (κ2) is 8.89. The van der Waals surface area contributed by atoms with Crippen LogP contribution >= 0.6 is 11.8 Å². The Kier molecular flexibility index (Phi) is 6.08. The quantitative estimate of drug-likeness (QED) is 0.673. The summed E-state index contributed by atoms with van der Waals surface area (Å²) < 4.78 is 0. The standard InChI is InChI=1S/C22H18N2OS/c23-15-17-11-13-20(14-12-17)24-21(25)16-26-22(18-7-3-1-4-8-18)19-9-5-2-6-10-19/h1-14,22H,16H2,(H,24,25). The summed E-state index contributed by atoms with van der Waals surface area (Å²) in [6.07, 6.45) is 0. The Morgan fingerprint density at radius 1 is 0.885 bits per heavy atom. The van der Waals surface area contributed by atoms with Crippen molar-refractivity contribution in [3.63, 3.8) is 0 Å². The van der Waals surface area contributed by atoms with E-state index in [2.05, 4.69) is 35.7 Å².